The molecule has 0 fully saturated rings. The Morgan fingerprint density at radius 1 is 1.06 bits per heavy atom. The van der Waals surface area contributed by atoms with E-state index in [0.29, 0.717) is 28.7 Å². The number of ether oxygens (including phenoxy) is 3. The number of hydrogen-bond donors (Lipinski definition) is 1. The third-order valence-electron chi connectivity index (χ3n) is 5.74. The van der Waals surface area contributed by atoms with Crippen LogP contribution < -0.4 is 19.9 Å². The number of rotatable bonds is 6. The number of nitriles is 1. The van der Waals surface area contributed by atoms with Gasteiger partial charge in [0.1, 0.15) is 28.9 Å². The standard InChI is InChI=1S/C28H26N2O4/c1-17(2)19-6-8-20(9-7-19)27-23-13-12-22(14-25(23)34-28(30)24(27)15-29)33-26(31)16-32-21-10-4-18(3)5-11-21/h4-14,17,27H,16,30H2,1-3H3. The predicted octanol–water partition coefficient (Wildman–Crippen LogP) is 5.32. The van der Waals surface area contributed by atoms with Gasteiger partial charge in [-0.25, -0.2) is 4.79 Å². The van der Waals surface area contributed by atoms with Gasteiger partial charge in [-0.15, -0.1) is 0 Å². The molecule has 1 unspecified atom stereocenters. The zero-order chi connectivity index (χ0) is 24.2. The summed E-state index contributed by atoms with van der Waals surface area (Å²) in [7, 11) is 0. The lowest BCUT2D eigenvalue weighted by atomic mass is 9.83. The van der Waals surface area contributed by atoms with Crippen molar-refractivity contribution < 1.29 is 19.0 Å². The van der Waals surface area contributed by atoms with Crippen LogP contribution in [0.1, 0.15) is 47.9 Å². The van der Waals surface area contributed by atoms with E-state index in [0.717, 1.165) is 16.7 Å². The highest BCUT2D eigenvalue weighted by Crippen LogP contribution is 2.43. The maximum atomic E-state index is 12.3. The number of hydrogen-bond acceptors (Lipinski definition) is 6. The molecule has 1 aliphatic heterocycles. The monoisotopic (exact) mass is 454 g/mol. The molecular formula is C28H26N2O4. The Hall–Kier alpha value is -4.24. The first-order valence-electron chi connectivity index (χ1n) is 11.1. The van der Waals surface area contributed by atoms with Gasteiger partial charge in [0.2, 0.25) is 5.88 Å². The van der Waals surface area contributed by atoms with Crippen LogP contribution in [0.4, 0.5) is 0 Å². The lowest BCUT2D eigenvalue weighted by molar-refractivity contribution is -0.136. The highest BCUT2D eigenvalue weighted by Gasteiger charge is 2.31. The molecule has 1 heterocycles. The zero-order valence-corrected chi connectivity index (χ0v) is 19.4. The Bertz CT molecular complexity index is 1270. The summed E-state index contributed by atoms with van der Waals surface area (Å²) < 4.78 is 16.6. The molecule has 0 saturated heterocycles. The van der Waals surface area contributed by atoms with E-state index in [9.17, 15) is 10.1 Å². The number of benzene rings is 3. The number of allylic oxidation sites excluding steroid dienone is 1. The molecule has 6 heteroatoms. The van der Waals surface area contributed by atoms with Crippen LogP contribution in [-0.2, 0) is 4.79 Å². The fourth-order valence-corrected chi connectivity index (χ4v) is 3.85. The van der Waals surface area contributed by atoms with Crippen molar-refractivity contribution in [2.24, 2.45) is 5.73 Å². The first-order valence-corrected chi connectivity index (χ1v) is 11.1. The van der Waals surface area contributed by atoms with Crippen molar-refractivity contribution in [2.75, 3.05) is 6.61 Å². The predicted molar refractivity (Wildman–Crippen MR) is 129 cm³/mol. The summed E-state index contributed by atoms with van der Waals surface area (Å²) in [6.07, 6.45) is 0. The molecule has 3 aromatic carbocycles. The Kier molecular flexibility index (Phi) is 6.55. The molecule has 0 aliphatic carbocycles. The fraction of sp³-hybridized carbons (Fsp3) is 0.214. The van der Waals surface area contributed by atoms with Gasteiger partial charge < -0.3 is 19.9 Å². The molecule has 34 heavy (non-hydrogen) atoms. The van der Waals surface area contributed by atoms with Crippen molar-refractivity contribution in [1.82, 2.24) is 0 Å². The Morgan fingerprint density at radius 3 is 2.38 bits per heavy atom. The first-order chi connectivity index (χ1) is 16.4. The van der Waals surface area contributed by atoms with Gasteiger partial charge in [0, 0.05) is 11.6 Å². The normalized spacial score (nSPS) is 14.7. The first kappa shape index (κ1) is 22.9. The summed E-state index contributed by atoms with van der Waals surface area (Å²) in [6.45, 7) is 6.01. The molecule has 3 aromatic rings. The van der Waals surface area contributed by atoms with Crippen LogP contribution in [0.15, 0.2) is 78.2 Å². The zero-order valence-electron chi connectivity index (χ0n) is 19.4. The van der Waals surface area contributed by atoms with E-state index in [4.69, 9.17) is 19.9 Å². The second kappa shape index (κ2) is 9.72. The van der Waals surface area contributed by atoms with E-state index in [-0.39, 0.29) is 18.4 Å². The molecule has 0 aromatic heterocycles. The number of esters is 1. The SMILES string of the molecule is Cc1ccc(OCC(=O)Oc2ccc3c(c2)OC(N)=C(C#N)C3c2ccc(C(C)C)cc2)cc1. The molecule has 172 valence electrons. The van der Waals surface area contributed by atoms with Crippen molar-refractivity contribution in [1.29, 1.82) is 5.26 Å². The topological polar surface area (TPSA) is 94.6 Å². The number of carbonyl (C=O) groups is 1. The summed E-state index contributed by atoms with van der Waals surface area (Å²) >= 11 is 0. The highest BCUT2D eigenvalue weighted by atomic mass is 16.6. The van der Waals surface area contributed by atoms with Crippen molar-refractivity contribution in [2.45, 2.75) is 32.6 Å². The van der Waals surface area contributed by atoms with E-state index in [1.165, 1.54) is 5.56 Å². The lowest BCUT2D eigenvalue weighted by Crippen LogP contribution is -2.21. The lowest BCUT2D eigenvalue weighted by Gasteiger charge is -2.27. The van der Waals surface area contributed by atoms with Crippen LogP contribution in [0, 0.1) is 18.3 Å². The third-order valence-corrected chi connectivity index (χ3v) is 5.74. The number of aryl methyl sites for hydroxylation is 1. The van der Waals surface area contributed by atoms with Gasteiger partial charge in [-0.3, -0.25) is 0 Å². The average molecular weight is 455 g/mol. The molecule has 0 bridgehead atoms. The molecule has 6 nitrogen and oxygen atoms in total. The van der Waals surface area contributed by atoms with Crippen molar-refractivity contribution in [3.05, 3.63) is 100 Å². The molecule has 2 N–H and O–H groups in total. The molecule has 0 spiro atoms. The third kappa shape index (κ3) is 4.89. The fourth-order valence-electron chi connectivity index (χ4n) is 3.85. The molecule has 4 rings (SSSR count). The second-order valence-corrected chi connectivity index (χ2v) is 8.52. The van der Waals surface area contributed by atoms with Gasteiger partial charge in [0.25, 0.3) is 0 Å². The van der Waals surface area contributed by atoms with Crippen LogP contribution in [0.3, 0.4) is 0 Å². The van der Waals surface area contributed by atoms with Gasteiger partial charge in [-0.05, 0) is 42.2 Å². The number of nitrogens with two attached hydrogens (primary N) is 1. The van der Waals surface area contributed by atoms with E-state index in [1.54, 1.807) is 30.3 Å². The van der Waals surface area contributed by atoms with E-state index >= 15 is 0 Å². The Balaban J connectivity index is 1.54. The summed E-state index contributed by atoms with van der Waals surface area (Å²) in [5.41, 5.74) is 10.5. The van der Waals surface area contributed by atoms with Gasteiger partial charge in [0.15, 0.2) is 6.61 Å². The van der Waals surface area contributed by atoms with Gasteiger partial charge >= 0.3 is 5.97 Å². The minimum absolute atomic E-state index is 0.0408. The maximum Gasteiger partial charge on any atom is 0.349 e. The Morgan fingerprint density at radius 2 is 1.74 bits per heavy atom. The summed E-state index contributed by atoms with van der Waals surface area (Å²) in [5, 5.41) is 9.75. The van der Waals surface area contributed by atoms with Crippen LogP contribution >= 0.6 is 0 Å². The van der Waals surface area contributed by atoms with E-state index in [1.807, 2.05) is 31.2 Å². The van der Waals surface area contributed by atoms with E-state index < -0.39 is 5.97 Å². The number of fused-ring (bicyclic) bond motifs is 1. The molecule has 0 radical (unpaired) electrons. The smallest absolute Gasteiger partial charge is 0.349 e. The molecule has 0 saturated carbocycles. The summed E-state index contributed by atoms with van der Waals surface area (Å²) in [6, 6.07) is 22.8. The average Bonchev–Trinajstić information content (AvgIpc) is 2.83. The van der Waals surface area contributed by atoms with Crippen molar-refractivity contribution in [3.8, 4) is 23.3 Å². The van der Waals surface area contributed by atoms with Crippen LogP contribution in [-0.4, -0.2) is 12.6 Å². The van der Waals surface area contributed by atoms with Crippen LogP contribution in [0.5, 0.6) is 17.2 Å². The second-order valence-electron chi connectivity index (χ2n) is 8.52. The molecular weight excluding hydrogens is 428 g/mol. The van der Waals surface area contributed by atoms with Gasteiger partial charge in [0.05, 0.1) is 5.92 Å². The quantitative estimate of drug-likeness (QED) is 0.400. The van der Waals surface area contributed by atoms with Gasteiger partial charge in [-0.2, -0.15) is 5.26 Å². The maximum absolute atomic E-state index is 12.3. The minimum atomic E-state index is -0.543. The summed E-state index contributed by atoms with van der Waals surface area (Å²) in [4.78, 5) is 12.3. The summed E-state index contributed by atoms with van der Waals surface area (Å²) in [5.74, 6) is 0.864. The minimum Gasteiger partial charge on any atom is -0.482 e. The molecule has 1 aliphatic rings. The van der Waals surface area contributed by atoms with Crippen molar-refractivity contribution >= 4 is 5.97 Å². The van der Waals surface area contributed by atoms with Crippen molar-refractivity contribution in [3.63, 3.8) is 0 Å². The van der Waals surface area contributed by atoms with Crippen LogP contribution in [0.25, 0.3) is 0 Å². The molecule has 0 amide bonds. The van der Waals surface area contributed by atoms with Gasteiger partial charge in [-0.1, -0.05) is 61.9 Å². The van der Waals surface area contributed by atoms with Crippen LogP contribution in [0.2, 0.25) is 0 Å². The van der Waals surface area contributed by atoms with E-state index in [2.05, 4.69) is 32.0 Å². The highest BCUT2D eigenvalue weighted by molar-refractivity contribution is 5.74. The largest absolute Gasteiger partial charge is 0.482 e. The molecule has 1 atom stereocenters. The number of nitrogens with zero attached hydrogens (tertiary/aromatic N) is 1. The number of carbonyl (C=O) groups excluding carboxylic acids is 1. The Labute approximate surface area is 199 Å².